The number of nitrogens with one attached hydrogen (secondary N) is 2. The first kappa shape index (κ1) is 17.4. The molecule has 2 aromatic heterocycles. The van der Waals surface area contributed by atoms with Crippen molar-refractivity contribution in [3.8, 4) is 5.69 Å². The molecule has 3 aromatic rings. The number of hydrogen-bond acceptors (Lipinski definition) is 4. The minimum absolute atomic E-state index is 0.152. The van der Waals surface area contributed by atoms with Crippen LogP contribution in [-0.4, -0.2) is 31.4 Å². The van der Waals surface area contributed by atoms with Crippen LogP contribution in [0.25, 0.3) is 5.69 Å². The lowest BCUT2D eigenvalue weighted by Gasteiger charge is -2.10. The van der Waals surface area contributed by atoms with Gasteiger partial charge in [0.2, 0.25) is 5.91 Å². The third-order valence-electron chi connectivity index (χ3n) is 3.68. The van der Waals surface area contributed by atoms with Crippen LogP contribution in [0.5, 0.6) is 0 Å². The predicted molar refractivity (Wildman–Crippen MR) is 98.2 cm³/mol. The van der Waals surface area contributed by atoms with Gasteiger partial charge in [-0.15, -0.1) is 0 Å². The van der Waals surface area contributed by atoms with Crippen molar-refractivity contribution in [1.82, 2.24) is 19.6 Å². The minimum atomic E-state index is -0.382. The van der Waals surface area contributed by atoms with E-state index in [1.54, 1.807) is 48.7 Å². The van der Waals surface area contributed by atoms with Crippen LogP contribution in [0.15, 0.2) is 48.8 Å². The first-order chi connectivity index (χ1) is 12.4. The maximum absolute atomic E-state index is 12.5. The number of aryl methyl sites for hydroxylation is 1. The summed E-state index contributed by atoms with van der Waals surface area (Å²) in [4.78, 5) is 24.6. The largest absolute Gasteiger partial charge is 0.318 e. The van der Waals surface area contributed by atoms with Crippen molar-refractivity contribution in [3.05, 3.63) is 54.5 Å². The number of aromatic nitrogens is 4. The molecule has 0 saturated carbocycles. The van der Waals surface area contributed by atoms with E-state index in [1.165, 1.54) is 0 Å². The molecule has 0 spiro atoms. The van der Waals surface area contributed by atoms with E-state index in [4.69, 9.17) is 0 Å². The molecule has 2 N–H and O–H groups in total. The van der Waals surface area contributed by atoms with Crippen LogP contribution < -0.4 is 10.6 Å². The Morgan fingerprint density at radius 1 is 1.12 bits per heavy atom. The zero-order valence-corrected chi connectivity index (χ0v) is 14.8. The molecule has 26 heavy (non-hydrogen) atoms. The number of hydrogen-bond donors (Lipinski definition) is 2. The summed E-state index contributed by atoms with van der Waals surface area (Å²) in [6.07, 6.45) is 3.24. The molecule has 2 heterocycles. The molecule has 0 radical (unpaired) electrons. The fourth-order valence-corrected chi connectivity index (χ4v) is 2.30. The molecule has 0 aliphatic rings. The van der Waals surface area contributed by atoms with E-state index < -0.39 is 0 Å². The van der Waals surface area contributed by atoms with Crippen molar-refractivity contribution >= 4 is 23.3 Å². The summed E-state index contributed by atoms with van der Waals surface area (Å²) >= 11 is 0. The van der Waals surface area contributed by atoms with Gasteiger partial charge in [0.15, 0.2) is 5.69 Å². The molecule has 0 aliphatic heterocycles. The molecule has 8 heteroatoms. The average Bonchev–Trinajstić information content (AvgIpc) is 3.22. The first-order valence-corrected chi connectivity index (χ1v) is 8.20. The number of carbonyl (C=O) groups is 2. The molecule has 3 rings (SSSR count). The van der Waals surface area contributed by atoms with Gasteiger partial charge in [-0.3, -0.25) is 14.3 Å². The number of anilines is 2. The second kappa shape index (κ2) is 7.22. The maximum Gasteiger partial charge on any atom is 0.276 e. The quantitative estimate of drug-likeness (QED) is 0.737. The molecule has 0 aliphatic carbocycles. The third kappa shape index (κ3) is 3.80. The normalized spacial score (nSPS) is 10.8. The Hall–Kier alpha value is -3.42. The van der Waals surface area contributed by atoms with E-state index in [0.29, 0.717) is 11.5 Å². The zero-order valence-electron chi connectivity index (χ0n) is 14.8. The molecular weight excluding hydrogens is 332 g/mol. The highest BCUT2D eigenvalue weighted by Gasteiger charge is 2.18. The van der Waals surface area contributed by atoms with Crippen molar-refractivity contribution in [3.63, 3.8) is 0 Å². The van der Waals surface area contributed by atoms with Gasteiger partial charge < -0.3 is 10.6 Å². The molecule has 0 unspecified atom stereocenters. The van der Waals surface area contributed by atoms with E-state index >= 15 is 0 Å². The van der Waals surface area contributed by atoms with Crippen LogP contribution in [0.1, 0.15) is 24.3 Å². The van der Waals surface area contributed by atoms with Crippen molar-refractivity contribution in [2.45, 2.75) is 13.8 Å². The van der Waals surface area contributed by atoms with Gasteiger partial charge >= 0.3 is 0 Å². The monoisotopic (exact) mass is 352 g/mol. The number of amides is 2. The first-order valence-electron chi connectivity index (χ1n) is 8.20. The Bertz CT molecular complexity index is 926. The lowest BCUT2D eigenvalue weighted by molar-refractivity contribution is -0.118. The second-order valence-corrected chi connectivity index (χ2v) is 6.16. The number of nitrogens with zero attached hydrogens (tertiary/aromatic N) is 4. The number of benzene rings is 1. The molecule has 134 valence electrons. The summed E-state index contributed by atoms with van der Waals surface area (Å²) in [5.74, 6) is -0.290. The summed E-state index contributed by atoms with van der Waals surface area (Å²) in [5.41, 5.74) is 1.50. The summed E-state index contributed by atoms with van der Waals surface area (Å²) in [5, 5.41) is 13.9. The Labute approximate surface area is 150 Å². The lowest BCUT2D eigenvalue weighted by Crippen LogP contribution is -2.19. The van der Waals surface area contributed by atoms with E-state index in [2.05, 4.69) is 20.8 Å². The molecule has 0 bridgehead atoms. The SMILES string of the molecule is CC(C)C(=O)Nc1cc(C(=O)Nc2cnn(C)c2)nn1-c1ccccc1. The van der Waals surface area contributed by atoms with Crippen LogP contribution in [-0.2, 0) is 11.8 Å². The lowest BCUT2D eigenvalue weighted by atomic mass is 10.2. The van der Waals surface area contributed by atoms with Gasteiger partial charge in [0.05, 0.1) is 17.6 Å². The van der Waals surface area contributed by atoms with Gasteiger partial charge in [0.25, 0.3) is 5.91 Å². The van der Waals surface area contributed by atoms with E-state index in [1.807, 2.05) is 30.3 Å². The topological polar surface area (TPSA) is 93.8 Å². The Balaban J connectivity index is 1.92. The van der Waals surface area contributed by atoms with Crippen molar-refractivity contribution in [2.75, 3.05) is 10.6 Å². The average molecular weight is 352 g/mol. The van der Waals surface area contributed by atoms with Crippen LogP contribution in [0.2, 0.25) is 0 Å². The van der Waals surface area contributed by atoms with Crippen LogP contribution in [0.4, 0.5) is 11.5 Å². The maximum atomic E-state index is 12.5. The van der Waals surface area contributed by atoms with Gasteiger partial charge in [-0.1, -0.05) is 32.0 Å². The minimum Gasteiger partial charge on any atom is -0.318 e. The third-order valence-corrected chi connectivity index (χ3v) is 3.68. The summed E-state index contributed by atoms with van der Waals surface area (Å²) in [6, 6.07) is 10.9. The van der Waals surface area contributed by atoms with Gasteiger partial charge in [0.1, 0.15) is 5.82 Å². The van der Waals surface area contributed by atoms with Crippen molar-refractivity contribution in [2.24, 2.45) is 13.0 Å². The van der Waals surface area contributed by atoms with Gasteiger partial charge in [-0.05, 0) is 12.1 Å². The summed E-state index contributed by atoms with van der Waals surface area (Å²) < 4.78 is 3.13. The fraction of sp³-hybridized carbons (Fsp3) is 0.222. The highest BCUT2D eigenvalue weighted by molar-refractivity contribution is 6.04. The smallest absolute Gasteiger partial charge is 0.276 e. The standard InChI is InChI=1S/C18H20N6O2/c1-12(2)17(25)21-16-9-15(18(26)20-13-10-19-23(3)11-13)22-24(16)14-7-5-4-6-8-14/h4-12H,1-3H3,(H,20,26)(H,21,25). The summed E-state index contributed by atoms with van der Waals surface area (Å²) in [7, 11) is 1.76. The molecule has 0 atom stereocenters. The molecule has 0 saturated heterocycles. The van der Waals surface area contributed by atoms with Gasteiger partial charge in [-0.2, -0.15) is 10.2 Å². The molecule has 2 amide bonds. The molecule has 0 fully saturated rings. The van der Waals surface area contributed by atoms with Crippen LogP contribution in [0, 0.1) is 5.92 Å². The van der Waals surface area contributed by atoms with Crippen molar-refractivity contribution < 1.29 is 9.59 Å². The molecular formula is C18H20N6O2. The van der Waals surface area contributed by atoms with Gasteiger partial charge in [-0.25, -0.2) is 4.68 Å². The van der Waals surface area contributed by atoms with Gasteiger partial charge in [0, 0.05) is 25.2 Å². The van der Waals surface area contributed by atoms with Crippen LogP contribution in [0.3, 0.4) is 0 Å². The molecule has 1 aromatic carbocycles. The van der Waals surface area contributed by atoms with E-state index in [9.17, 15) is 9.59 Å². The summed E-state index contributed by atoms with van der Waals surface area (Å²) in [6.45, 7) is 3.60. The molecule has 8 nitrogen and oxygen atoms in total. The number of para-hydroxylation sites is 1. The van der Waals surface area contributed by atoms with E-state index in [0.717, 1.165) is 5.69 Å². The van der Waals surface area contributed by atoms with Crippen molar-refractivity contribution in [1.29, 1.82) is 0 Å². The fourth-order valence-electron chi connectivity index (χ4n) is 2.30. The Morgan fingerprint density at radius 2 is 1.85 bits per heavy atom. The Kier molecular flexibility index (Phi) is 4.83. The highest BCUT2D eigenvalue weighted by atomic mass is 16.2. The number of rotatable bonds is 5. The van der Waals surface area contributed by atoms with Crippen LogP contribution >= 0.6 is 0 Å². The Morgan fingerprint density at radius 3 is 2.46 bits per heavy atom. The van der Waals surface area contributed by atoms with E-state index in [-0.39, 0.29) is 23.4 Å². The highest BCUT2D eigenvalue weighted by Crippen LogP contribution is 2.19. The number of carbonyl (C=O) groups excluding carboxylic acids is 2. The zero-order chi connectivity index (χ0) is 18.7. The predicted octanol–water partition coefficient (Wildman–Crippen LogP) is 2.45. The second-order valence-electron chi connectivity index (χ2n) is 6.16.